The van der Waals surface area contributed by atoms with E-state index in [1.807, 2.05) is 19.1 Å². The molecule has 0 aromatic carbocycles. The lowest BCUT2D eigenvalue weighted by Crippen LogP contribution is -2.30. The summed E-state index contributed by atoms with van der Waals surface area (Å²) in [6, 6.07) is 5.48. The molecular formula is C22H27N5O5. The molecule has 170 valence electrons. The van der Waals surface area contributed by atoms with Crippen LogP contribution in [0.1, 0.15) is 24.7 Å². The summed E-state index contributed by atoms with van der Waals surface area (Å²) in [5, 5.41) is 8.26. The average molecular weight is 441 g/mol. The van der Waals surface area contributed by atoms with Crippen LogP contribution < -0.4 is 10.1 Å². The number of hydrogen-bond acceptors (Lipinski definition) is 8. The van der Waals surface area contributed by atoms with Gasteiger partial charge in [-0.2, -0.15) is 5.10 Å². The minimum atomic E-state index is -0.656. The number of methoxy groups -OCH3 is 2. The molecule has 1 aliphatic rings. The van der Waals surface area contributed by atoms with Crippen LogP contribution in [0.3, 0.4) is 0 Å². The van der Waals surface area contributed by atoms with Gasteiger partial charge in [0, 0.05) is 64.0 Å². The molecule has 4 rings (SSSR count). The third-order valence-electron chi connectivity index (χ3n) is 5.46. The molecule has 1 N–H and O–H groups in total. The van der Waals surface area contributed by atoms with Gasteiger partial charge in [0.2, 0.25) is 5.91 Å². The number of carbonyl (C=O) groups excluding carboxylic acids is 1. The number of amides is 1. The maximum absolute atomic E-state index is 11.5. The molecule has 3 aromatic rings. The van der Waals surface area contributed by atoms with Crippen molar-refractivity contribution in [3.05, 3.63) is 35.8 Å². The number of nitrogens with one attached hydrogen (secondary N) is 1. The standard InChI is InChI=1S/C22H27N5O5/c1-14-17-12-23-20(24-15(2)28)11-18(17)27(26-14)21-10-16(32-8-7-29-3)9-19(25-21)22(30-4)5-6-31-13-22/h9-12H,5-8,13H2,1-4H3,(H,23,24,28)/t22-/m0/s1. The molecule has 10 nitrogen and oxygen atoms in total. The van der Waals surface area contributed by atoms with Gasteiger partial charge in [-0.3, -0.25) is 4.79 Å². The van der Waals surface area contributed by atoms with Crippen molar-refractivity contribution in [2.45, 2.75) is 25.9 Å². The summed E-state index contributed by atoms with van der Waals surface area (Å²) in [6.45, 7) is 5.20. The molecule has 4 heterocycles. The smallest absolute Gasteiger partial charge is 0.222 e. The molecule has 32 heavy (non-hydrogen) atoms. The highest BCUT2D eigenvalue weighted by Gasteiger charge is 2.39. The molecule has 0 bridgehead atoms. The van der Waals surface area contributed by atoms with E-state index in [1.165, 1.54) is 6.92 Å². The third-order valence-corrected chi connectivity index (χ3v) is 5.46. The van der Waals surface area contributed by atoms with Crippen molar-refractivity contribution < 1.29 is 23.7 Å². The summed E-state index contributed by atoms with van der Waals surface area (Å²) < 4.78 is 24.2. The molecule has 1 amide bonds. The number of rotatable bonds is 8. The Kier molecular flexibility index (Phi) is 6.35. The first-order valence-corrected chi connectivity index (χ1v) is 10.4. The number of nitrogens with zero attached hydrogens (tertiary/aromatic N) is 4. The Morgan fingerprint density at radius 3 is 2.81 bits per heavy atom. The van der Waals surface area contributed by atoms with Gasteiger partial charge >= 0.3 is 0 Å². The van der Waals surface area contributed by atoms with Gasteiger partial charge in [0.25, 0.3) is 0 Å². The highest BCUT2D eigenvalue weighted by Crippen LogP contribution is 2.35. The Bertz CT molecular complexity index is 1120. The first kappa shape index (κ1) is 22.1. The number of pyridine rings is 2. The Morgan fingerprint density at radius 2 is 2.12 bits per heavy atom. The Labute approximate surface area is 185 Å². The van der Waals surface area contributed by atoms with Crippen LogP contribution in [-0.4, -0.2) is 66.3 Å². The van der Waals surface area contributed by atoms with E-state index in [-0.39, 0.29) is 5.91 Å². The minimum Gasteiger partial charge on any atom is -0.491 e. The van der Waals surface area contributed by atoms with Crippen LogP contribution in [0.25, 0.3) is 16.7 Å². The van der Waals surface area contributed by atoms with Crippen LogP contribution >= 0.6 is 0 Å². The quantitative estimate of drug-likeness (QED) is 0.531. The number of carbonyl (C=O) groups is 1. The number of aromatic nitrogens is 4. The number of aryl methyl sites for hydroxylation is 1. The van der Waals surface area contributed by atoms with Crippen molar-refractivity contribution in [1.82, 2.24) is 19.7 Å². The van der Waals surface area contributed by atoms with Gasteiger partial charge in [-0.1, -0.05) is 0 Å². The molecule has 1 aliphatic heterocycles. The Hall–Kier alpha value is -3.08. The van der Waals surface area contributed by atoms with Gasteiger partial charge in [-0.15, -0.1) is 0 Å². The second-order valence-corrected chi connectivity index (χ2v) is 7.65. The zero-order chi connectivity index (χ0) is 22.7. The van der Waals surface area contributed by atoms with E-state index in [9.17, 15) is 4.79 Å². The fraction of sp³-hybridized carbons (Fsp3) is 0.455. The first-order valence-electron chi connectivity index (χ1n) is 10.4. The predicted molar refractivity (Wildman–Crippen MR) is 117 cm³/mol. The number of ether oxygens (including phenoxy) is 4. The monoisotopic (exact) mass is 441 g/mol. The highest BCUT2D eigenvalue weighted by molar-refractivity contribution is 5.91. The van der Waals surface area contributed by atoms with Crippen LogP contribution in [0, 0.1) is 6.92 Å². The second kappa shape index (κ2) is 9.19. The van der Waals surface area contributed by atoms with Gasteiger partial charge in [-0.25, -0.2) is 14.6 Å². The zero-order valence-electron chi connectivity index (χ0n) is 18.7. The highest BCUT2D eigenvalue weighted by atomic mass is 16.6. The van der Waals surface area contributed by atoms with Gasteiger partial charge in [0.15, 0.2) is 5.82 Å². The number of fused-ring (bicyclic) bond motifs is 1. The van der Waals surface area contributed by atoms with Crippen LogP contribution in [0.15, 0.2) is 24.4 Å². The van der Waals surface area contributed by atoms with E-state index in [1.54, 1.807) is 31.2 Å². The Morgan fingerprint density at radius 1 is 1.28 bits per heavy atom. The van der Waals surface area contributed by atoms with E-state index >= 15 is 0 Å². The zero-order valence-corrected chi connectivity index (χ0v) is 18.7. The van der Waals surface area contributed by atoms with Crippen molar-refractivity contribution in [2.24, 2.45) is 0 Å². The predicted octanol–water partition coefficient (Wildman–Crippen LogP) is 2.37. The average Bonchev–Trinajstić information content (AvgIpc) is 3.39. The fourth-order valence-corrected chi connectivity index (χ4v) is 3.75. The summed E-state index contributed by atoms with van der Waals surface area (Å²) in [5.41, 5.74) is 1.61. The summed E-state index contributed by atoms with van der Waals surface area (Å²) in [4.78, 5) is 20.7. The van der Waals surface area contributed by atoms with Crippen LogP contribution in [-0.2, 0) is 24.6 Å². The van der Waals surface area contributed by atoms with Crippen LogP contribution in [0.5, 0.6) is 5.75 Å². The Balaban J connectivity index is 1.84. The topological polar surface area (TPSA) is 110 Å². The summed E-state index contributed by atoms with van der Waals surface area (Å²) >= 11 is 0. The van der Waals surface area contributed by atoms with Crippen molar-refractivity contribution in [2.75, 3.05) is 46.0 Å². The van der Waals surface area contributed by atoms with Gasteiger partial charge in [0.05, 0.1) is 30.1 Å². The van der Waals surface area contributed by atoms with Crippen molar-refractivity contribution >= 4 is 22.6 Å². The number of hydrogen-bond donors (Lipinski definition) is 1. The second-order valence-electron chi connectivity index (χ2n) is 7.65. The van der Waals surface area contributed by atoms with E-state index in [4.69, 9.17) is 23.9 Å². The first-order chi connectivity index (χ1) is 15.5. The van der Waals surface area contributed by atoms with Gasteiger partial charge in [-0.05, 0) is 6.92 Å². The molecule has 10 heteroatoms. The summed E-state index contributed by atoms with van der Waals surface area (Å²) in [5.74, 6) is 1.44. The lowest BCUT2D eigenvalue weighted by atomic mass is 9.97. The van der Waals surface area contributed by atoms with Crippen LogP contribution in [0.2, 0.25) is 0 Å². The number of anilines is 1. The SMILES string of the molecule is COCCOc1cc(-n2nc(C)c3cnc(NC(C)=O)cc32)nc([C@]2(OC)CCOC2)c1. The van der Waals surface area contributed by atoms with E-state index in [0.717, 1.165) is 16.6 Å². The molecule has 0 radical (unpaired) electrons. The maximum Gasteiger partial charge on any atom is 0.222 e. The maximum atomic E-state index is 11.5. The van der Waals surface area contributed by atoms with Crippen molar-refractivity contribution in [3.8, 4) is 11.6 Å². The van der Waals surface area contributed by atoms with E-state index < -0.39 is 5.60 Å². The molecule has 1 atom stereocenters. The molecule has 0 unspecified atom stereocenters. The van der Waals surface area contributed by atoms with Gasteiger partial charge < -0.3 is 24.3 Å². The molecule has 1 saturated heterocycles. The lowest BCUT2D eigenvalue weighted by Gasteiger charge is -2.26. The molecule has 1 fully saturated rings. The molecule has 0 saturated carbocycles. The van der Waals surface area contributed by atoms with Gasteiger partial charge in [0.1, 0.15) is 23.8 Å². The van der Waals surface area contributed by atoms with Crippen molar-refractivity contribution in [1.29, 1.82) is 0 Å². The molecule has 3 aromatic heterocycles. The van der Waals surface area contributed by atoms with Crippen molar-refractivity contribution in [3.63, 3.8) is 0 Å². The minimum absolute atomic E-state index is 0.197. The molecule has 0 aliphatic carbocycles. The summed E-state index contributed by atoms with van der Waals surface area (Å²) in [6.07, 6.45) is 2.38. The fourth-order valence-electron chi connectivity index (χ4n) is 3.75. The van der Waals surface area contributed by atoms with E-state index in [0.29, 0.717) is 55.9 Å². The van der Waals surface area contributed by atoms with Crippen LogP contribution in [0.4, 0.5) is 5.82 Å². The molecule has 0 spiro atoms. The normalized spacial score (nSPS) is 18.2. The van der Waals surface area contributed by atoms with E-state index in [2.05, 4.69) is 15.4 Å². The third kappa shape index (κ3) is 4.29. The largest absolute Gasteiger partial charge is 0.491 e. The lowest BCUT2D eigenvalue weighted by molar-refractivity contribution is -0.114. The molecular weight excluding hydrogens is 414 g/mol. The summed E-state index contributed by atoms with van der Waals surface area (Å²) in [7, 11) is 3.29.